The van der Waals surface area contributed by atoms with E-state index in [-0.39, 0.29) is 17.5 Å². The number of nitrogens with one attached hydrogen (secondary N) is 2. The Bertz CT molecular complexity index is 1130. The van der Waals surface area contributed by atoms with E-state index in [1.54, 1.807) is 30.5 Å². The normalized spacial score (nSPS) is 16.2. The Morgan fingerprint density at radius 1 is 1.24 bits per heavy atom. The highest BCUT2D eigenvalue weighted by atomic mass is 35.5. The summed E-state index contributed by atoms with van der Waals surface area (Å²) in [6, 6.07) is 10.9. The molecule has 2 aromatic carbocycles. The third-order valence-electron chi connectivity index (χ3n) is 4.83. The highest BCUT2D eigenvalue weighted by Crippen LogP contribution is 2.35. The number of thiocarbonyl (C=S) groups is 1. The lowest BCUT2D eigenvalue weighted by atomic mass is 10.1. The minimum Gasteiger partial charge on any atom is -0.358 e. The molecule has 1 saturated heterocycles. The minimum absolute atomic E-state index is 0.235. The van der Waals surface area contributed by atoms with Gasteiger partial charge in [-0.05, 0) is 49.8 Å². The van der Waals surface area contributed by atoms with Crippen molar-refractivity contribution in [3.05, 3.63) is 63.8 Å². The predicted molar refractivity (Wildman–Crippen MR) is 123 cm³/mol. The maximum atomic E-state index is 12.9. The van der Waals surface area contributed by atoms with Crippen LogP contribution in [0.1, 0.15) is 22.8 Å². The summed E-state index contributed by atoms with van der Waals surface area (Å²) in [5.41, 5.74) is 3.49. The number of rotatable bonds is 3. The SMILES string of the molecule is Cc1cnc2c(NC(=O)c3c(Cl)cccc3Cl)cccc2c1N1C[C@@H](C)NC1=S. The zero-order valence-corrected chi connectivity index (χ0v) is 18.1. The fourth-order valence-corrected chi connectivity index (χ4v) is 4.49. The highest BCUT2D eigenvalue weighted by Gasteiger charge is 2.27. The second-order valence-corrected chi connectivity index (χ2v) is 8.20. The number of carbonyl (C=O) groups excluding carboxylic acids is 1. The summed E-state index contributed by atoms with van der Waals surface area (Å²) < 4.78 is 0. The van der Waals surface area contributed by atoms with Crippen LogP contribution in [-0.2, 0) is 0 Å². The summed E-state index contributed by atoms with van der Waals surface area (Å²) >= 11 is 17.9. The van der Waals surface area contributed by atoms with Gasteiger partial charge in [0.25, 0.3) is 5.91 Å². The third kappa shape index (κ3) is 3.64. The summed E-state index contributed by atoms with van der Waals surface area (Å²) in [5.74, 6) is -0.385. The van der Waals surface area contributed by atoms with Gasteiger partial charge in [0.1, 0.15) is 0 Å². The first-order chi connectivity index (χ1) is 13.9. The third-order valence-corrected chi connectivity index (χ3v) is 5.80. The number of aryl methyl sites for hydroxylation is 1. The molecule has 0 saturated carbocycles. The molecule has 5 nitrogen and oxygen atoms in total. The second-order valence-electron chi connectivity index (χ2n) is 7.00. The molecule has 1 fully saturated rings. The van der Waals surface area contributed by atoms with Crippen LogP contribution in [0.4, 0.5) is 11.4 Å². The molecule has 0 radical (unpaired) electrons. The molecule has 1 aliphatic heterocycles. The monoisotopic (exact) mass is 444 g/mol. The summed E-state index contributed by atoms with van der Waals surface area (Å²) in [6.45, 7) is 4.86. The van der Waals surface area contributed by atoms with Crippen LogP contribution in [0.2, 0.25) is 10.0 Å². The fraction of sp³-hybridized carbons (Fsp3) is 0.190. The van der Waals surface area contributed by atoms with Crippen molar-refractivity contribution in [3.8, 4) is 0 Å². The average Bonchev–Trinajstić information content (AvgIpc) is 2.99. The van der Waals surface area contributed by atoms with E-state index in [4.69, 9.17) is 35.4 Å². The largest absolute Gasteiger partial charge is 0.358 e. The van der Waals surface area contributed by atoms with Crippen molar-refractivity contribution in [3.63, 3.8) is 0 Å². The van der Waals surface area contributed by atoms with E-state index in [1.807, 2.05) is 19.1 Å². The first-order valence-electron chi connectivity index (χ1n) is 9.08. The minimum atomic E-state index is -0.385. The number of benzene rings is 2. The van der Waals surface area contributed by atoms with Crippen LogP contribution < -0.4 is 15.5 Å². The zero-order chi connectivity index (χ0) is 20.7. The maximum absolute atomic E-state index is 12.9. The number of anilines is 2. The molecule has 2 heterocycles. The number of aromatic nitrogens is 1. The van der Waals surface area contributed by atoms with Gasteiger partial charge in [0.15, 0.2) is 5.11 Å². The molecule has 8 heteroatoms. The van der Waals surface area contributed by atoms with Crippen molar-refractivity contribution in [2.45, 2.75) is 19.9 Å². The Labute approximate surface area is 184 Å². The first kappa shape index (κ1) is 19.9. The van der Waals surface area contributed by atoms with E-state index in [0.29, 0.717) is 26.4 Å². The molecule has 4 rings (SSSR count). The molecule has 148 valence electrons. The van der Waals surface area contributed by atoms with Gasteiger partial charge in [-0.25, -0.2) is 0 Å². The van der Waals surface area contributed by atoms with Crippen molar-refractivity contribution in [1.29, 1.82) is 0 Å². The van der Waals surface area contributed by atoms with E-state index in [2.05, 4.69) is 27.4 Å². The molecule has 1 aliphatic rings. The maximum Gasteiger partial charge on any atom is 0.258 e. The lowest BCUT2D eigenvalue weighted by Crippen LogP contribution is -2.28. The highest BCUT2D eigenvalue weighted by molar-refractivity contribution is 7.80. The number of halogens is 2. The summed E-state index contributed by atoms with van der Waals surface area (Å²) in [5, 5.41) is 8.36. The molecule has 1 atom stereocenters. The molecule has 2 N–H and O–H groups in total. The topological polar surface area (TPSA) is 57.3 Å². The number of hydrogen-bond donors (Lipinski definition) is 2. The number of pyridine rings is 1. The van der Waals surface area contributed by atoms with Gasteiger partial charge in [0.2, 0.25) is 0 Å². The number of amides is 1. The second kappa shape index (κ2) is 7.78. The molecular formula is C21H18Cl2N4OS. The molecule has 1 aromatic heterocycles. The van der Waals surface area contributed by atoms with Gasteiger partial charge in [-0.15, -0.1) is 0 Å². The molecule has 29 heavy (non-hydrogen) atoms. The van der Waals surface area contributed by atoms with Crippen molar-refractivity contribution >= 4 is 68.7 Å². The molecular weight excluding hydrogens is 427 g/mol. The van der Waals surface area contributed by atoms with Gasteiger partial charge in [-0.2, -0.15) is 0 Å². The fourth-order valence-electron chi connectivity index (χ4n) is 3.55. The van der Waals surface area contributed by atoms with Gasteiger partial charge in [-0.3, -0.25) is 9.78 Å². The van der Waals surface area contributed by atoms with Crippen LogP contribution in [0.5, 0.6) is 0 Å². The van der Waals surface area contributed by atoms with Gasteiger partial charge in [0.05, 0.1) is 32.5 Å². The standard InChI is InChI=1S/C21H18Cl2N4OS/c1-11-9-24-18-13(19(11)27-10-12(2)25-21(27)29)5-3-8-16(18)26-20(28)17-14(22)6-4-7-15(17)23/h3-9,12H,10H2,1-2H3,(H,25,29)(H,26,28)/t12-/m1/s1. The molecule has 0 bridgehead atoms. The number of carbonyl (C=O) groups is 1. The van der Waals surface area contributed by atoms with Crippen LogP contribution in [-0.4, -0.2) is 28.6 Å². The summed E-state index contributed by atoms with van der Waals surface area (Å²) in [7, 11) is 0. The Morgan fingerprint density at radius 3 is 2.59 bits per heavy atom. The zero-order valence-electron chi connectivity index (χ0n) is 15.8. The van der Waals surface area contributed by atoms with Crippen molar-refractivity contribution < 1.29 is 4.79 Å². The Balaban J connectivity index is 1.78. The van der Waals surface area contributed by atoms with E-state index in [9.17, 15) is 4.79 Å². The van der Waals surface area contributed by atoms with Crippen LogP contribution in [0, 0.1) is 6.92 Å². The molecule has 0 aliphatic carbocycles. The lowest BCUT2D eigenvalue weighted by molar-refractivity contribution is 0.102. The predicted octanol–water partition coefficient (Wildman–Crippen LogP) is 5.19. The first-order valence-corrected chi connectivity index (χ1v) is 10.2. The van der Waals surface area contributed by atoms with Crippen LogP contribution >= 0.6 is 35.4 Å². The molecule has 3 aromatic rings. The van der Waals surface area contributed by atoms with Crippen LogP contribution in [0.25, 0.3) is 10.9 Å². The van der Waals surface area contributed by atoms with Crippen LogP contribution in [0.15, 0.2) is 42.6 Å². The summed E-state index contributed by atoms with van der Waals surface area (Å²) in [6.07, 6.45) is 1.79. The molecule has 0 unspecified atom stereocenters. The smallest absolute Gasteiger partial charge is 0.258 e. The van der Waals surface area contributed by atoms with Gasteiger partial charge in [0, 0.05) is 24.2 Å². The van der Waals surface area contributed by atoms with Crippen LogP contribution in [0.3, 0.4) is 0 Å². The number of nitrogens with zero attached hydrogens (tertiary/aromatic N) is 2. The van der Waals surface area contributed by atoms with Crippen molar-refractivity contribution in [1.82, 2.24) is 10.3 Å². The number of para-hydroxylation sites is 1. The van der Waals surface area contributed by atoms with Gasteiger partial charge < -0.3 is 15.5 Å². The Morgan fingerprint density at radius 2 is 1.93 bits per heavy atom. The van der Waals surface area contributed by atoms with E-state index in [0.717, 1.165) is 23.2 Å². The molecule has 0 spiro atoms. The molecule has 1 amide bonds. The Hall–Kier alpha value is -2.41. The van der Waals surface area contributed by atoms with E-state index in [1.165, 1.54) is 0 Å². The number of fused-ring (bicyclic) bond motifs is 1. The van der Waals surface area contributed by atoms with Crippen molar-refractivity contribution in [2.24, 2.45) is 0 Å². The van der Waals surface area contributed by atoms with E-state index >= 15 is 0 Å². The average molecular weight is 445 g/mol. The Kier molecular flexibility index (Phi) is 5.34. The van der Waals surface area contributed by atoms with E-state index < -0.39 is 0 Å². The number of hydrogen-bond acceptors (Lipinski definition) is 3. The summed E-state index contributed by atoms with van der Waals surface area (Å²) in [4.78, 5) is 19.5. The van der Waals surface area contributed by atoms with Crippen molar-refractivity contribution in [2.75, 3.05) is 16.8 Å². The van der Waals surface area contributed by atoms with Gasteiger partial charge in [-0.1, -0.05) is 41.4 Å². The lowest BCUT2D eigenvalue weighted by Gasteiger charge is -2.22. The quantitative estimate of drug-likeness (QED) is 0.544. The van der Waals surface area contributed by atoms with Gasteiger partial charge >= 0.3 is 0 Å².